The van der Waals surface area contributed by atoms with Gasteiger partial charge in [-0.05, 0) is 47.5 Å². The van der Waals surface area contributed by atoms with E-state index < -0.39 is 0 Å². The summed E-state index contributed by atoms with van der Waals surface area (Å²) >= 11 is 7.03. The lowest BCUT2D eigenvalue weighted by atomic mass is 10.1. The molecule has 1 saturated heterocycles. The van der Waals surface area contributed by atoms with Crippen molar-refractivity contribution in [2.75, 3.05) is 25.1 Å². The molecule has 1 aromatic rings. The molecule has 2 rings (SSSR count). The Balaban J connectivity index is 1.87. The quantitative estimate of drug-likeness (QED) is 0.843. The van der Waals surface area contributed by atoms with Crippen LogP contribution in [-0.4, -0.2) is 31.8 Å². The number of rotatable bonds is 4. The summed E-state index contributed by atoms with van der Waals surface area (Å²) in [4.78, 5) is 0. The highest BCUT2D eigenvalue weighted by Gasteiger charge is 2.16. The van der Waals surface area contributed by atoms with Gasteiger partial charge in [0.15, 0.2) is 0 Å². The third kappa shape index (κ3) is 4.23. The van der Waals surface area contributed by atoms with Crippen LogP contribution in [-0.2, 0) is 4.74 Å². The van der Waals surface area contributed by atoms with Crippen LogP contribution in [0.1, 0.15) is 13.3 Å². The average Bonchev–Trinajstić information content (AvgIpc) is 2.34. The topological polar surface area (TPSA) is 33.3 Å². The van der Waals surface area contributed by atoms with E-state index in [-0.39, 0.29) is 0 Å². The largest absolute Gasteiger partial charge is 0.382 e. The fraction of sp³-hybridized carbons (Fsp3) is 0.538. The third-order valence-electron chi connectivity index (χ3n) is 2.97. The molecule has 18 heavy (non-hydrogen) atoms. The van der Waals surface area contributed by atoms with Crippen LogP contribution < -0.4 is 10.6 Å². The van der Waals surface area contributed by atoms with Gasteiger partial charge in [0.1, 0.15) is 0 Å². The molecular weight excluding hydrogens is 360 g/mol. The Bertz CT molecular complexity index is 395. The number of benzene rings is 1. The lowest BCUT2D eigenvalue weighted by molar-refractivity contribution is 0.0731. The van der Waals surface area contributed by atoms with E-state index in [0.717, 1.165) is 40.8 Å². The van der Waals surface area contributed by atoms with Gasteiger partial charge < -0.3 is 15.4 Å². The van der Waals surface area contributed by atoms with Crippen LogP contribution >= 0.6 is 31.9 Å². The Labute approximate surface area is 125 Å². The Morgan fingerprint density at radius 1 is 1.50 bits per heavy atom. The maximum atomic E-state index is 5.47. The van der Waals surface area contributed by atoms with Crippen molar-refractivity contribution in [2.45, 2.75) is 25.4 Å². The second-order valence-corrected chi connectivity index (χ2v) is 6.40. The van der Waals surface area contributed by atoms with E-state index in [2.05, 4.69) is 61.5 Å². The molecule has 1 heterocycles. The van der Waals surface area contributed by atoms with E-state index in [4.69, 9.17) is 4.74 Å². The molecule has 1 fully saturated rings. The molecule has 1 aliphatic rings. The maximum Gasteiger partial charge on any atom is 0.0621 e. The highest BCUT2D eigenvalue weighted by molar-refractivity contribution is 9.11. The summed E-state index contributed by atoms with van der Waals surface area (Å²) in [5.41, 5.74) is 1.13. The molecule has 1 aliphatic heterocycles. The summed E-state index contributed by atoms with van der Waals surface area (Å²) in [6.45, 7) is 4.80. The Morgan fingerprint density at radius 3 is 3.00 bits per heavy atom. The zero-order chi connectivity index (χ0) is 13.0. The van der Waals surface area contributed by atoms with Crippen LogP contribution in [0.2, 0.25) is 0 Å². The summed E-state index contributed by atoms with van der Waals surface area (Å²) in [7, 11) is 0. The summed E-state index contributed by atoms with van der Waals surface area (Å²) in [5, 5.41) is 7.00. The first-order valence-corrected chi connectivity index (χ1v) is 7.76. The number of hydrogen-bond acceptors (Lipinski definition) is 3. The first-order chi connectivity index (χ1) is 8.65. The van der Waals surface area contributed by atoms with Crippen molar-refractivity contribution in [3.8, 4) is 0 Å². The lowest BCUT2D eigenvalue weighted by Crippen LogP contribution is -2.43. The normalized spacial score (nSPS) is 21.6. The van der Waals surface area contributed by atoms with Crippen LogP contribution in [0.25, 0.3) is 0 Å². The minimum absolute atomic E-state index is 0.404. The molecule has 0 saturated carbocycles. The van der Waals surface area contributed by atoms with E-state index in [9.17, 15) is 0 Å². The molecule has 2 N–H and O–H groups in total. The Morgan fingerprint density at radius 2 is 2.33 bits per heavy atom. The van der Waals surface area contributed by atoms with Crippen molar-refractivity contribution in [1.82, 2.24) is 5.32 Å². The summed E-state index contributed by atoms with van der Waals surface area (Å²) in [5.74, 6) is 0. The van der Waals surface area contributed by atoms with Gasteiger partial charge in [-0.1, -0.05) is 15.9 Å². The summed E-state index contributed by atoms with van der Waals surface area (Å²) in [6, 6.07) is 7.03. The minimum Gasteiger partial charge on any atom is -0.382 e. The molecule has 1 aromatic carbocycles. The van der Waals surface area contributed by atoms with Gasteiger partial charge in [0.25, 0.3) is 0 Å². The Kier molecular flexibility index (Phi) is 5.48. The van der Waals surface area contributed by atoms with Gasteiger partial charge in [-0.15, -0.1) is 0 Å². The predicted molar refractivity (Wildman–Crippen MR) is 82.2 cm³/mol. The van der Waals surface area contributed by atoms with Crippen molar-refractivity contribution in [3.63, 3.8) is 0 Å². The third-order valence-corrected chi connectivity index (χ3v) is 4.12. The molecule has 2 atom stereocenters. The summed E-state index contributed by atoms with van der Waals surface area (Å²) in [6.07, 6.45) is 1.06. The van der Waals surface area contributed by atoms with E-state index in [1.165, 1.54) is 0 Å². The van der Waals surface area contributed by atoms with E-state index in [1.807, 2.05) is 6.07 Å². The van der Waals surface area contributed by atoms with Crippen molar-refractivity contribution < 1.29 is 4.74 Å². The van der Waals surface area contributed by atoms with Gasteiger partial charge in [-0.25, -0.2) is 0 Å². The zero-order valence-corrected chi connectivity index (χ0v) is 13.6. The SMILES string of the molecule is CC(CC1COCCN1)Nc1ccc(Br)cc1Br. The fourth-order valence-corrected chi connectivity index (χ4v) is 3.29. The van der Waals surface area contributed by atoms with Gasteiger partial charge in [-0.3, -0.25) is 0 Å². The van der Waals surface area contributed by atoms with Crippen molar-refractivity contribution in [1.29, 1.82) is 0 Å². The van der Waals surface area contributed by atoms with Crippen LogP contribution in [0.15, 0.2) is 27.1 Å². The first-order valence-electron chi connectivity index (χ1n) is 6.18. The molecule has 0 bridgehead atoms. The molecule has 3 nitrogen and oxygen atoms in total. The maximum absolute atomic E-state index is 5.47. The monoisotopic (exact) mass is 376 g/mol. The molecule has 0 radical (unpaired) electrons. The number of halogens is 2. The molecule has 0 spiro atoms. The van der Waals surface area contributed by atoms with Crippen LogP contribution in [0, 0.1) is 0 Å². The first kappa shape index (κ1) is 14.3. The van der Waals surface area contributed by atoms with Gasteiger partial charge in [0.2, 0.25) is 0 Å². The van der Waals surface area contributed by atoms with Crippen LogP contribution in [0.5, 0.6) is 0 Å². The molecule has 5 heteroatoms. The number of anilines is 1. The van der Waals surface area contributed by atoms with Gasteiger partial charge in [0, 0.05) is 33.3 Å². The van der Waals surface area contributed by atoms with Crippen molar-refractivity contribution >= 4 is 37.5 Å². The highest BCUT2D eigenvalue weighted by Crippen LogP contribution is 2.27. The summed E-state index contributed by atoms with van der Waals surface area (Å²) < 4.78 is 7.63. The predicted octanol–water partition coefficient (Wildman–Crippen LogP) is 3.39. The molecule has 0 aliphatic carbocycles. The number of hydrogen-bond donors (Lipinski definition) is 2. The molecular formula is C13H18Br2N2O. The van der Waals surface area contributed by atoms with Gasteiger partial charge in [-0.2, -0.15) is 0 Å². The average molecular weight is 378 g/mol. The zero-order valence-electron chi connectivity index (χ0n) is 10.4. The van der Waals surface area contributed by atoms with Crippen molar-refractivity contribution in [2.24, 2.45) is 0 Å². The highest BCUT2D eigenvalue weighted by atomic mass is 79.9. The van der Waals surface area contributed by atoms with Gasteiger partial charge >= 0.3 is 0 Å². The van der Waals surface area contributed by atoms with E-state index in [1.54, 1.807) is 0 Å². The van der Waals surface area contributed by atoms with E-state index in [0.29, 0.717) is 12.1 Å². The smallest absolute Gasteiger partial charge is 0.0621 e. The van der Waals surface area contributed by atoms with Crippen LogP contribution in [0.4, 0.5) is 5.69 Å². The fourth-order valence-electron chi connectivity index (χ4n) is 2.13. The van der Waals surface area contributed by atoms with E-state index >= 15 is 0 Å². The second-order valence-electron chi connectivity index (χ2n) is 4.63. The van der Waals surface area contributed by atoms with Gasteiger partial charge in [0.05, 0.1) is 13.2 Å². The number of morpholine rings is 1. The Hall–Kier alpha value is -0.100. The molecule has 100 valence electrons. The van der Waals surface area contributed by atoms with Crippen molar-refractivity contribution in [3.05, 3.63) is 27.1 Å². The number of ether oxygens (including phenoxy) is 1. The standard InChI is InChI=1S/C13H18Br2N2O/c1-9(6-11-8-18-5-4-16-11)17-13-3-2-10(14)7-12(13)15/h2-3,7,9,11,16-17H,4-6,8H2,1H3. The molecule has 0 amide bonds. The molecule has 0 aromatic heterocycles. The van der Waals surface area contributed by atoms with Crippen LogP contribution in [0.3, 0.4) is 0 Å². The lowest BCUT2D eigenvalue weighted by Gasteiger charge is -2.27. The molecule has 2 unspecified atom stereocenters. The minimum atomic E-state index is 0.404. The second kappa shape index (κ2) is 6.89. The number of nitrogens with one attached hydrogen (secondary N) is 2.